The first-order valence-corrected chi connectivity index (χ1v) is 10.8. The van der Waals surface area contributed by atoms with Crippen molar-refractivity contribution in [3.63, 3.8) is 0 Å². The van der Waals surface area contributed by atoms with Crippen LogP contribution in [0.1, 0.15) is 32.6 Å². The molecule has 0 aliphatic carbocycles. The summed E-state index contributed by atoms with van der Waals surface area (Å²) in [4.78, 5) is 31.2. The van der Waals surface area contributed by atoms with E-state index in [2.05, 4.69) is 15.6 Å². The number of aromatic nitrogens is 1. The van der Waals surface area contributed by atoms with E-state index in [0.717, 1.165) is 23.1 Å². The molecule has 1 aliphatic rings. The summed E-state index contributed by atoms with van der Waals surface area (Å²) >= 11 is 0. The number of amides is 3. The number of nitrogens with one attached hydrogen (secondary N) is 3. The predicted molar refractivity (Wildman–Crippen MR) is 129 cm³/mol. The van der Waals surface area contributed by atoms with E-state index in [-0.39, 0.29) is 11.9 Å². The van der Waals surface area contributed by atoms with Gasteiger partial charge in [0.15, 0.2) is 0 Å². The molecule has 0 atom stereocenters. The number of rotatable bonds is 6. The average Bonchev–Trinajstić information content (AvgIpc) is 2.84. The molecule has 1 aromatic heterocycles. The molecule has 168 valence electrons. The highest BCUT2D eigenvalue weighted by Gasteiger charge is 2.24. The van der Waals surface area contributed by atoms with Crippen molar-refractivity contribution in [2.24, 2.45) is 0 Å². The van der Waals surface area contributed by atoms with Gasteiger partial charge in [0.05, 0.1) is 0 Å². The van der Waals surface area contributed by atoms with E-state index in [0.29, 0.717) is 48.7 Å². The largest absolute Gasteiger partial charge is 0.383 e. The monoisotopic (exact) mass is 442 g/mol. The third kappa shape index (κ3) is 5.17. The second kappa shape index (κ2) is 9.95. The number of urea groups is 1. The molecule has 2 heterocycles. The lowest BCUT2D eigenvalue weighted by molar-refractivity contribution is 0.0954. The van der Waals surface area contributed by atoms with Gasteiger partial charge in [0, 0.05) is 48.9 Å². The van der Waals surface area contributed by atoms with Gasteiger partial charge in [0.2, 0.25) is 0 Å². The van der Waals surface area contributed by atoms with Gasteiger partial charge < -0.3 is 26.7 Å². The first-order chi connectivity index (χ1) is 16.0. The topological polar surface area (TPSA) is 124 Å². The number of nitrogen functional groups attached to an aromatic ring is 1. The fourth-order valence-corrected chi connectivity index (χ4v) is 3.93. The molecule has 3 aromatic rings. The van der Waals surface area contributed by atoms with Crippen LogP contribution in [0.5, 0.6) is 0 Å². The molecule has 0 saturated carbocycles. The molecule has 5 N–H and O–H groups in total. The lowest BCUT2D eigenvalue weighted by Crippen LogP contribution is -2.39. The fourth-order valence-electron chi connectivity index (χ4n) is 3.93. The Balaban J connectivity index is 1.35. The summed E-state index contributed by atoms with van der Waals surface area (Å²) in [5.74, 6) is 0.150. The maximum atomic E-state index is 12.8. The van der Waals surface area contributed by atoms with Gasteiger partial charge in [-0.3, -0.25) is 4.79 Å². The van der Waals surface area contributed by atoms with Crippen LogP contribution in [0.3, 0.4) is 0 Å². The number of fused-ring (bicyclic) bond motifs is 1. The van der Waals surface area contributed by atoms with Gasteiger partial charge in [-0.1, -0.05) is 36.4 Å². The van der Waals surface area contributed by atoms with Crippen LogP contribution < -0.4 is 16.4 Å². The highest BCUT2D eigenvalue weighted by molar-refractivity contribution is 5.97. The molecule has 0 unspecified atom stereocenters. The van der Waals surface area contributed by atoms with Crippen LogP contribution in [0.2, 0.25) is 0 Å². The first kappa shape index (κ1) is 22.0. The Morgan fingerprint density at radius 2 is 1.97 bits per heavy atom. The van der Waals surface area contributed by atoms with Gasteiger partial charge in [-0.15, -0.1) is 0 Å². The van der Waals surface area contributed by atoms with Crippen LogP contribution in [0.15, 0.2) is 60.8 Å². The van der Waals surface area contributed by atoms with Gasteiger partial charge in [-0.2, -0.15) is 0 Å². The second-order valence-corrected chi connectivity index (χ2v) is 7.88. The van der Waals surface area contributed by atoms with E-state index >= 15 is 0 Å². The van der Waals surface area contributed by atoms with E-state index < -0.39 is 0 Å². The molecule has 4 rings (SSSR count). The van der Waals surface area contributed by atoms with Crippen molar-refractivity contribution in [1.82, 2.24) is 15.2 Å². The first-order valence-electron chi connectivity index (χ1n) is 10.8. The van der Waals surface area contributed by atoms with E-state index in [1.165, 1.54) is 6.21 Å². The normalized spacial score (nSPS) is 12.5. The minimum Gasteiger partial charge on any atom is -0.383 e. The molecule has 0 saturated heterocycles. The molecule has 1 aliphatic heterocycles. The Kier molecular flexibility index (Phi) is 6.64. The lowest BCUT2D eigenvalue weighted by atomic mass is 9.97. The van der Waals surface area contributed by atoms with Crippen LogP contribution in [0.4, 0.5) is 16.3 Å². The summed E-state index contributed by atoms with van der Waals surface area (Å²) in [6.07, 6.45) is 4.23. The summed E-state index contributed by atoms with van der Waals surface area (Å²) in [5.41, 5.74) is 10.5. The Bertz CT molecular complexity index is 1180. The predicted octanol–water partition coefficient (Wildman–Crippen LogP) is 3.22. The second-order valence-electron chi connectivity index (χ2n) is 7.88. The molecule has 8 nitrogen and oxygen atoms in total. The summed E-state index contributed by atoms with van der Waals surface area (Å²) in [6.45, 7) is 1.42. The van der Waals surface area contributed by atoms with E-state index in [1.54, 1.807) is 35.4 Å². The van der Waals surface area contributed by atoms with Crippen LogP contribution >= 0.6 is 0 Å². The van der Waals surface area contributed by atoms with Crippen molar-refractivity contribution in [3.05, 3.63) is 88.6 Å². The van der Waals surface area contributed by atoms with Gasteiger partial charge >= 0.3 is 6.03 Å². The van der Waals surface area contributed by atoms with Gasteiger partial charge in [0.25, 0.3) is 5.91 Å². The summed E-state index contributed by atoms with van der Waals surface area (Å²) in [7, 11) is 0. The van der Waals surface area contributed by atoms with Crippen LogP contribution in [-0.4, -0.2) is 41.1 Å². The summed E-state index contributed by atoms with van der Waals surface area (Å²) in [6, 6.07) is 16.6. The molecule has 0 bridgehead atoms. The SMILES string of the molecule is N=Cc1c(N)ncc2c1CCN(C(=O)Nc1cccc(C(=O)NCCc3ccccc3)c1)C2. The number of anilines is 2. The number of benzene rings is 2. The van der Waals surface area contributed by atoms with Gasteiger partial charge in [0.1, 0.15) is 5.82 Å². The smallest absolute Gasteiger partial charge is 0.322 e. The van der Waals surface area contributed by atoms with Crippen LogP contribution in [0.25, 0.3) is 0 Å². The van der Waals surface area contributed by atoms with Crippen molar-refractivity contribution in [2.45, 2.75) is 19.4 Å². The van der Waals surface area contributed by atoms with Crippen LogP contribution in [0, 0.1) is 5.41 Å². The number of hydrogen-bond donors (Lipinski definition) is 4. The Hall–Kier alpha value is -4.20. The zero-order valence-corrected chi connectivity index (χ0v) is 18.2. The molecule has 0 spiro atoms. The molecular formula is C25H26N6O2. The highest BCUT2D eigenvalue weighted by Crippen LogP contribution is 2.24. The maximum Gasteiger partial charge on any atom is 0.322 e. The number of carbonyl (C=O) groups is 2. The highest BCUT2D eigenvalue weighted by atomic mass is 16.2. The average molecular weight is 443 g/mol. The van der Waals surface area contributed by atoms with Crippen molar-refractivity contribution in [2.75, 3.05) is 24.1 Å². The number of carbonyl (C=O) groups excluding carboxylic acids is 2. The molecule has 8 heteroatoms. The van der Waals surface area contributed by atoms with E-state index in [9.17, 15) is 9.59 Å². The Morgan fingerprint density at radius 3 is 2.76 bits per heavy atom. The molecule has 33 heavy (non-hydrogen) atoms. The lowest BCUT2D eigenvalue weighted by Gasteiger charge is -2.29. The quantitative estimate of drug-likeness (QED) is 0.438. The van der Waals surface area contributed by atoms with E-state index in [1.807, 2.05) is 30.3 Å². The third-order valence-electron chi connectivity index (χ3n) is 5.69. The molecule has 3 amide bonds. The number of pyridine rings is 1. The summed E-state index contributed by atoms with van der Waals surface area (Å²) in [5, 5.41) is 13.4. The fraction of sp³-hybridized carbons (Fsp3) is 0.200. The summed E-state index contributed by atoms with van der Waals surface area (Å²) < 4.78 is 0. The third-order valence-corrected chi connectivity index (χ3v) is 5.69. The van der Waals surface area contributed by atoms with Crippen molar-refractivity contribution >= 4 is 29.7 Å². The zero-order valence-electron chi connectivity index (χ0n) is 18.2. The van der Waals surface area contributed by atoms with Crippen LogP contribution in [-0.2, 0) is 19.4 Å². The number of nitrogens with two attached hydrogens (primary N) is 1. The molecular weight excluding hydrogens is 416 g/mol. The molecule has 0 radical (unpaired) electrons. The molecule has 0 fully saturated rings. The van der Waals surface area contributed by atoms with Gasteiger partial charge in [-0.25, -0.2) is 9.78 Å². The van der Waals surface area contributed by atoms with E-state index in [4.69, 9.17) is 11.1 Å². The Morgan fingerprint density at radius 1 is 1.15 bits per heavy atom. The maximum absolute atomic E-state index is 12.8. The number of nitrogens with zero attached hydrogens (tertiary/aromatic N) is 2. The Labute approximate surface area is 192 Å². The number of hydrogen-bond acceptors (Lipinski definition) is 5. The van der Waals surface area contributed by atoms with Gasteiger partial charge in [-0.05, 0) is 47.7 Å². The van der Waals surface area contributed by atoms with Crippen molar-refractivity contribution in [3.8, 4) is 0 Å². The molecule has 2 aromatic carbocycles. The standard InChI is InChI=1S/C25H26N6O2/c26-14-22-21-10-12-31(16-19(21)15-29-23(22)27)25(33)30-20-8-4-7-18(13-20)24(32)28-11-9-17-5-2-1-3-6-17/h1-8,13-15,26H,9-12,16H2,(H2,27,29)(H,28,32)(H,30,33). The van der Waals surface area contributed by atoms with Crippen molar-refractivity contribution in [1.29, 1.82) is 5.41 Å². The van der Waals surface area contributed by atoms with Crippen molar-refractivity contribution < 1.29 is 9.59 Å². The minimum absolute atomic E-state index is 0.184. The zero-order chi connectivity index (χ0) is 23.2. The minimum atomic E-state index is -0.254.